The van der Waals surface area contributed by atoms with Gasteiger partial charge in [-0.25, -0.2) is 19.2 Å². The molecule has 0 radical (unpaired) electrons. The minimum absolute atomic E-state index is 0.331. The molecule has 6 nitrogen and oxygen atoms in total. The van der Waals surface area contributed by atoms with Crippen molar-refractivity contribution in [1.29, 1.82) is 0 Å². The Balaban J connectivity index is 1.81. The van der Waals surface area contributed by atoms with Crippen LogP contribution < -0.4 is 4.90 Å². The molecule has 1 amide bonds. The third-order valence-electron chi connectivity index (χ3n) is 3.63. The van der Waals surface area contributed by atoms with E-state index in [-0.39, 0.29) is 5.82 Å². The molecule has 1 aromatic heterocycles. The number of hydrogen-bond acceptors (Lipinski definition) is 4. The molecule has 3 rings (SSSR count). The summed E-state index contributed by atoms with van der Waals surface area (Å²) in [5, 5.41) is 8.95. The van der Waals surface area contributed by atoms with Crippen LogP contribution in [0.4, 0.5) is 15.1 Å². The summed E-state index contributed by atoms with van der Waals surface area (Å²) >= 11 is 0. The van der Waals surface area contributed by atoms with Crippen molar-refractivity contribution in [2.24, 2.45) is 0 Å². The Hall–Kier alpha value is -2.70. The van der Waals surface area contributed by atoms with Crippen LogP contribution in [0.3, 0.4) is 0 Å². The summed E-state index contributed by atoms with van der Waals surface area (Å²) in [5.74, 6) is 0.161. The molecular weight excluding hydrogens is 287 g/mol. The van der Waals surface area contributed by atoms with Crippen LogP contribution in [0.25, 0.3) is 11.3 Å². The van der Waals surface area contributed by atoms with Crippen LogP contribution in [-0.2, 0) is 0 Å². The largest absolute Gasteiger partial charge is 0.465 e. The number of nitrogens with zero attached hydrogens (tertiary/aromatic N) is 4. The topological polar surface area (TPSA) is 69.6 Å². The first kappa shape index (κ1) is 14.2. The fourth-order valence-electron chi connectivity index (χ4n) is 2.42. The summed E-state index contributed by atoms with van der Waals surface area (Å²) in [6.45, 7) is 1.85. The highest BCUT2D eigenvalue weighted by atomic mass is 19.1. The zero-order chi connectivity index (χ0) is 15.5. The van der Waals surface area contributed by atoms with Gasteiger partial charge in [-0.2, -0.15) is 0 Å². The number of halogens is 1. The van der Waals surface area contributed by atoms with Gasteiger partial charge in [0.05, 0.1) is 5.69 Å². The molecule has 1 saturated heterocycles. The van der Waals surface area contributed by atoms with E-state index in [0.717, 1.165) is 0 Å². The Morgan fingerprint density at radius 3 is 2.55 bits per heavy atom. The molecule has 0 unspecified atom stereocenters. The van der Waals surface area contributed by atoms with Gasteiger partial charge in [0.1, 0.15) is 5.82 Å². The zero-order valence-corrected chi connectivity index (χ0v) is 11.8. The van der Waals surface area contributed by atoms with Crippen molar-refractivity contribution in [3.63, 3.8) is 0 Å². The number of aromatic nitrogens is 2. The van der Waals surface area contributed by atoms with Crippen LogP contribution in [0.15, 0.2) is 36.5 Å². The SMILES string of the molecule is O=C(O)N1CCN(c2nccc(-c3ccccc3F)n2)CC1. The maximum Gasteiger partial charge on any atom is 0.407 e. The summed E-state index contributed by atoms with van der Waals surface area (Å²) in [4.78, 5) is 22.8. The molecule has 7 heteroatoms. The van der Waals surface area contributed by atoms with Crippen molar-refractivity contribution in [3.05, 3.63) is 42.3 Å². The van der Waals surface area contributed by atoms with E-state index in [1.165, 1.54) is 11.0 Å². The highest BCUT2D eigenvalue weighted by molar-refractivity contribution is 5.65. The van der Waals surface area contributed by atoms with E-state index in [1.807, 2.05) is 4.90 Å². The van der Waals surface area contributed by atoms with Crippen LogP contribution in [-0.4, -0.2) is 52.2 Å². The zero-order valence-electron chi connectivity index (χ0n) is 11.8. The normalized spacial score (nSPS) is 15.0. The van der Waals surface area contributed by atoms with Gasteiger partial charge in [-0.05, 0) is 18.2 Å². The lowest BCUT2D eigenvalue weighted by Gasteiger charge is -2.33. The van der Waals surface area contributed by atoms with E-state index >= 15 is 0 Å². The Bertz CT molecular complexity index is 687. The summed E-state index contributed by atoms with van der Waals surface area (Å²) in [7, 11) is 0. The number of hydrogen-bond donors (Lipinski definition) is 1. The molecule has 1 aromatic carbocycles. The summed E-state index contributed by atoms with van der Waals surface area (Å²) in [5.41, 5.74) is 0.944. The molecule has 1 aliphatic heterocycles. The number of benzene rings is 1. The van der Waals surface area contributed by atoms with Gasteiger partial charge in [-0.15, -0.1) is 0 Å². The lowest BCUT2D eigenvalue weighted by atomic mass is 10.1. The van der Waals surface area contributed by atoms with Crippen LogP contribution in [0.2, 0.25) is 0 Å². The van der Waals surface area contributed by atoms with Crippen LogP contribution in [0.1, 0.15) is 0 Å². The Morgan fingerprint density at radius 1 is 1.14 bits per heavy atom. The maximum absolute atomic E-state index is 13.8. The molecule has 0 atom stereocenters. The molecule has 0 bridgehead atoms. The number of anilines is 1. The fraction of sp³-hybridized carbons (Fsp3) is 0.267. The quantitative estimate of drug-likeness (QED) is 0.920. The second kappa shape index (κ2) is 5.97. The highest BCUT2D eigenvalue weighted by Gasteiger charge is 2.22. The molecule has 0 spiro atoms. The predicted octanol–water partition coefficient (Wildman–Crippen LogP) is 2.08. The van der Waals surface area contributed by atoms with E-state index in [9.17, 15) is 9.18 Å². The van der Waals surface area contributed by atoms with Gasteiger partial charge >= 0.3 is 6.09 Å². The van der Waals surface area contributed by atoms with E-state index in [4.69, 9.17) is 5.11 Å². The summed E-state index contributed by atoms with van der Waals surface area (Å²) < 4.78 is 13.8. The number of rotatable bonds is 2. The second-order valence-electron chi connectivity index (χ2n) is 4.98. The smallest absolute Gasteiger partial charge is 0.407 e. The van der Waals surface area contributed by atoms with Crippen molar-refractivity contribution in [1.82, 2.24) is 14.9 Å². The fourth-order valence-corrected chi connectivity index (χ4v) is 2.42. The number of carbonyl (C=O) groups is 1. The van der Waals surface area contributed by atoms with Gasteiger partial charge in [0.25, 0.3) is 0 Å². The monoisotopic (exact) mass is 302 g/mol. The number of amides is 1. The number of piperazine rings is 1. The molecule has 0 saturated carbocycles. The van der Waals surface area contributed by atoms with Crippen LogP contribution >= 0.6 is 0 Å². The third kappa shape index (κ3) is 2.83. The lowest BCUT2D eigenvalue weighted by Crippen LogP contribution is -2.48. The molecule has 1 fully saturated rings. The van der Waals surface area contributed by atoms with Crippen molar-refractivity contribution in [2.45, 2.75) is 0 Å². The lowest BCUT2D eigenvalue weighted by molar-refractivity contribution is 0.142. The van der Waals surface area contributed by atoms with E-state index in [0.29, 0.717) is 43.4 Å². The molecule has 2 heterocycles. The Morgan fingerprint density at radius 2 is 1.86 bits per heavy atom. The predicted molar refractivity (Wildman–Crippen MR) is 79.2 cm³/mol. The van der Waals surface area contributed by atoms with Gasteiger partial charge in [0.2, 0.25) is 5.95 Å². The summed E-state index contributed by atoms with van der Waals surface area (Å²) in [6, 6.07) is 8.11. The highest BCUT2D eigenvalue weighted by Crippen LogP contribution is 2.22. The first-order valence-electron chi connectivity index (χ1n) is 6.96. The molecule has 114 valence electrons. The molecule has 0 aliphatic carbocycles. The third-order valence-corrected chi connectivity index (χ3v) is 3.63. The number of carboxylic acid groups (broad SMARTS) is 1. The van der Waals surface area contributed by atoms with Crippen LogP contribution in [0, 0.1) is 5.82 Å². The molecular formula is C15H15FN4O2. The van der Waals surface area contributed by atoms with E-state index < -0.39 is 6.09 Å². The van der Waals surface area contributed by atoms with Crippen molar-refractivity contribution >= 4 is 12.0 Å². The molecule has 1 aliphatic rings. The minimum atomic E-state index is -0.916. The average Bonchev–Trinajstić information content (AvgIpc) is 2.55. The first-order valence-corrected chi connectivity index (χ1v) is 6.96. The first-order chi connectivity index (χ1) is 10.6. The van der Waals surface area contributed by atoms with Crippen LogP contribution in [0.5, 0.6) is 0 Å². The van der Waals surface area contributed by atoms with Gasteiger partial charge in [0, 0.05) is 37.9 Å². The van der Waals surface area contributed by atoms with Crippen molar-refractivity contribution in [3.8, 4) is 11.3 Å². The molecule has 1 N–H and O–H groups in total. The van der Waals surface area contributed by atoms with E-state index in [2.05, 4.69) is 9.97 Å². The Labute approximate surface area is 126 Å². The minimum Gasteiger partial charge on any atom is -0.465 e. The van der Waals surface area contributed by atoms with Gasteiger partial charge in [0.15, 0.2) is 0 Å². The summed E-state index contributed by atoms with van der Waals surface area (Å²) in [6.07, 6.45) is 0.675. The average molecular weight is 302 g/mol. The Kier molecular flexibility index (Phi) is 3.86. The van der Waals surface area contributed by atoms with Gasteiger partial charge in [-0.3, -0.25) is 0 Å². The molecule has 22 heavy (non-hydrogen) atoms. The standard InChI is InChI=1S/C15H15FN4O2/c16-12-4-2-1-3-11(12)13-5-6-17-14(18-13)19-7-9-20(10-8-19)15(21)22/h1-6H,7-10H2,(H,21,22). The molecule has 2 aromatic rings. The second-order valence-corrected chi connectivity index (χ2v) is 4.98. The van der Waals surface area contributed by atoms with Gasteiger partial charge in [-0.1, -0.05) is 12.1 Å². The van der Waals surface area contributed by atoms with Crippen molar-refractivity contribution in [2.75, 3.05) is 31.1 Å². The van der Waals surface area contributed by atoms with E-state index in [1.54, 1.807) is 30.5 Å². The van der Waals surface area contributed by atoms with Crippen molar-refractivity contribution < 1.29 is 14.3 Å². The maximum atomic E-state index is 13.8. The van der Waals surface area contributed by atoms with Gasteiger partial charge < -0.3 is 14.9 Å².